The molecule has 0 spiro atoms. The molecule has 0 amide bonds. The highest BCUT2D eigenvalue weighted by molar-refractivity contribution is 4.83. The van der Waals surface area contributed by atoms with E-state index in [-0.39, 0.29) is 5.72 Å². The van der Waals surface area contributed by atoms with Gasteiger partial charge in [0, 0.05) is 0 Å². The third-order valence-electron chi connectivity index (χ3n) is 6.07. The van der Waals surface area contributed by atoms with E-state index in [1.54, 1.807) is 0 Å². The lowest BCUT2D eigenvalue weighted by atomic mass is 9.86. The van der Waals surface area contributed by atoms with E-state index in [9.17, 15) is 0 Å². The second-order valence-electron chi connectivity index (χ2n) is 8.02. The van der Waals surface area contributed by atoms with E-state index in [2.05, 4.69) is 25.8 Å². The van der Waals surface area contributed by atoms with Crippen LogP contribution in [-0.2, 0) is 9.57 Å². The van der Waals surface area contributed by atoms with Gasteiger partial charge in [-0.1, -0.05) is 58.8 Å². The van der Waals surface area contributed by atoms with Crippen molar-refractivity contribution >= 4 is 0 Å². The summed E-state index contributed by atoms with van der Waals surface area (Å²) in [7, 11) is 0. The minimum Gasteiger partial charge on any atom is -0.357 e. The number of hydrogen-bond acceptors (Lipinski definition) is 3. The summed E-state index contributed by atoms with van der Waals surface area (Å²) in [6.45, 7) is 8.61. The van der Waals surface area contributed by atoms with Crippen LogP contribution in [0.3, 0.4) is 0 Å². The first-order valence-corrected chi connectivity index (χ1v) is 10.8. The Bertz CT molecular complexity index is 318. The first-order chi connectivity index (χ1) is 11.7. The Balaban J connectivity index is 1.94. The van der Waals surface area contributed by atoms with Gasteiger partial charge in [0.05, 0.1) is 19.3 Å². The minimum atomic E-state index is -0.146. The van der Waals surface area contributed by atoms with Crippen LogP contribution < -0.4 is 0 Å². The van der Waals surface area contributed by atoms with Crippen LogP contribution in [0.25, 0.3) is 0 Å². The average Bonchev–Trinajstić information content (AvgIpc) is 2.99. The van der Waals surface area contributed by atoms with Crippen LogP contribution >= 0.6 is 0 Å². The number of unbranched alkanes of at least 4 members (excludes halogenated alkanes) is 4. The van der Waals surface area contributed by atoms with Crippen molar-refractivity contribution in [2.75, 3.05) is 13.2 Å². The quantitative estimate of drug-likeness (QED) is 0.426. The molecule has 0 aromatic carbocycles. The van der Waals surface area contributed by atoms with Crippen molar-refractivity contribution in [3.8, 4) is 0 Å². The molecular weight excluding hydrogens is 298 g/mol. The Morgan fingerprint density at radius 2 is 1.62 bits per heavy atom. The van der Waals surface area contributed by atoms with Crippen LogP contribution in [0.1, 0.15) is 104 Å². The van der Waals surface area contributed by atoms with Crippen molar-refractivity contribution < 1.29 is 9.57 Å². The van der Waals surface area contributed by atoms with Crippen molar-refractivity contribution in [2.45, 2.75) is 116 Å². The maximum atomic E-state index is 6.54. The van der Waals surface area contributed by atoms with Gasteiger partial charge in [-0.2, -0.15) is 5.06 Å². The van der Waals surface area contributed by atoms with E-state index in [0.29, 0.717) is 6.10 Å². The zero-order valence-corrected chi connectivity index (χ0v) is 16.5. The third kappa shape index (κ3) is 5.71. The van der Waals surface area contributed by atoms with Gasteiger partial charge in [-0.05, 0) is 51.4 Å². The second kappa shape index (κ2) is 10.8. The average molecular weight is 340 g/mol. The highest BCUT2D eigenvalue weighted by Crippen LogP contribution is 2.37. The van der Waals surface area contributed by atoms with Gasteiger partial charge in [0.25, 0.3) is 0 Å². The minimum absolute atomic E-state index is 0.146. The summed E-state index contributed by atoms with van der Waals surface area (Å²) >= 11 is 0. The molecule has 142 valence electrons. The summed E-state index contributed by atoms with van der Waals surface area (Å²) in [5.74, 6) is 0.739. The van der Waals surface area contributed by atoms with Crippen LogP contribution in [0, 0.1) is 5.92 Å². The van der Waals surface area contributed by atoms with Crippen LogP contribution in [0.15, 0.2) is 0 Å². The molecule has 1 unspecified atom stereocenters. The van der Waals surface area contributed by atoms with E-state index in [1.165, 1.54) is 70.6 Å². The molecule has 0 radical (unpaired) electrons. The Kier molecular flexibility index (Phi) is 9.07. The molecule has 24 heavy (non-hydrogen) atoms. The van der Waals surface area contributed by atoms with E-state index in [1.807, 2.05) is 0 Å². The fourth-order valence-corrected chi connectivity index (χ4v) is 4.45. The molecule has 1 heterocycles. The monoisotopic (exact) mass is 339 g/mol. The van der Waals surface area contributed by atoms with Crippen molar-refractivity contribution in [2.24, 2.45) is 5.92 Å². The van der Waals surface area contributed by atoms with E-state index >= 15 is 0 Å². The summed E-state index contributed by atoms with van der Waals surface area (Å²) in [6.07, 6.45) is 17.1. The molecule has 1 atom stereocenters. The molecule has 1 saturated carbocycles. The Morgan fingerprint density at radius 1 is 1.00 bits per heavy atom. The lowest BCUT2D eigenvalue weighted by molar-refractivity contribution is -0.292. The Labute approximate surface area is 150 Å². The standard InChI is InChI=1S/C21H41NO2/c1-4-6-11-15-21(16-12-7-5-2)22(17-18-23-21)24-19(3)20-13-9-8-10-14-20/h19-20H,4-18H2,1-3H3. The van der Waals surface area contributed by atoms with Crippen LogP contribution in [0.2, 0.25) is 0 Å². The van der Waals surface area contributed by atoms with E-state index in [0.717, 1.165) is 31.9 Å². The maximum Gasteiger partial charge on any atom is 0.144 e. The predicted molar refractivity (Wildman–Crippen MR) is 101 cm³/mol. The molecule has 0 bridgehead atoms. The lowest BCUT2D eigenvalue weighted by Crippen LogP contribution is -2.47. The maximum absolute atomic E-state index is 6.54. The van der Waals surface area contributed by atoms with E-state index in [4.69, 9.17) is 9.57 Å². The van der Waals surface area contributed by atoms with Gasteiger partial charge < -0.3 is 4.74 Å². The zero-order valence-electron chi connectivity index (χ0n) is 16.5. The number of hydroxylamine groups is 2. The summed E-state index contributed by atoms with van der Waals surface area (Å²) in [4.78, 5) is 6.54. The van der Waals surface area contributed by atoms with Gasteiger partial charge in [-0.15, -0.1) is 0 Å². The molecule has 2 rings (SSSR count). The molecule has 1 aliphatic carbocycles. The van der Waals surface area contributed by atoms with E-state index < -0.39 is 0 Å². The second-order valence-corrected chi connectivity index (χ2v) is 8.02. The van der Waals surface area contributed by atoms with Crippen molar-refractivity contribution in [3.05, 3.63) is 0 Å². The molecule has 0 aromatic heterocycles. The van der Waals surface area contributed by atoms with Gasteiger partial charge in [0.15, 0.2) is 0 Å². The highest BCUT2D eigenvalue weighted by atomic mass is 16.7. The van der Waals surface area contributed by atoms with Crippen LogP contribution in [-0.4, -0.2) is 30.0 Å². The van der Waals surface area contributed by atoms with Crippen LogP contribution in [0.5, 0.6) is 0 Å². The first kappa shape index (κ1) is 20.2. The van der Waals surface area contributed by atoms with Gasteiger partial charge in [0.2, 0.25) is 0 Å². The summed E-state index contributed by atoms with van der Waals surface area (Å²) in [5.41, 5.74) is -0.146. The third-order valence-corrected chi connectivity index (χ3v) is 6.07. The first-order valence-electron chi connectivity index (χ1n) is 10.8. The summed E-state index contributed by atoms with van der Waals surface area (Å²) in [5, 5.41) is 2.26. The lowest BCUT2D eigenvalue weighted by Gasteiger charge is -2.40. The number of hydrogen-bond donors (Lipinski definition) is 0. The molecule has 2 fully saturated rings. The fraction of sp³-hybridized carbons (Fsp3) is 1.00. The molecule has 1 aliphatic heterocycles. The molecule has 0 N–H and O–H groups in total. The number of ether oxygens (including phenoxy) is 1. The Hall–Kier alpha value is -0.120. The van der Waals surface area contributed by atoms with Crippen molar-refractivity contribution in [1.29, 1.82) is 0 Å². The zero-order chi connectivity index (χ0) is 17.3. The molecule has 3 nitrogen and oxygen atoms in total. The highest BCUT2D eigenvalue weighted by Gasteiger charge is 2.43. The van der Waals surface area contributed by atoms with Gasteiger partial charge in [-0.25, -0.2) is 0 Å². The number of rotatable bonds is 11. The molecule has 2 aliphatic rings. The fourth-order valence-electron chi connectivity index (χ4n) is 4.45. The molecular formula is C21H41NO2. The topological polar surface area (TPSA) is 21.7 Å². The van der Waals surface area contributed by atoms with Gasteiger partial charge in [0.1, 0.15) is 5.72 Å². The Morgan fingerprint density at radius 3 is 2.21 bits per heavy atom. The molecule has 3 heteroatoms. The van der Waals surface area contributed by atoms with Crippen molar-refractivity contribution in [1.82, 2.24) is 5.06 Å². The molecule has 0 aromatic rings. The van der Waals surface area contributed by atoms with Crippen LogP contribution in [0.4, 0.5) is 0 Å². The summed E-state index contributed by atoms with van der Waals surface area (Å²) in [6, 6.07) is 0. The van der Waals surface area contributed by atoms with Crippen molar-refractivity contribution in [3.63, 3.8) is 0 Å². The molecule has 1 saturated heterocycles. The number of nitrogens with zero attached hydrogens (tertiary/aromatic N) is 1. The smallest absolute Gasteiger partial charge is 0.144 e. The SMILES string of the molecule is CCCCCC1(CCCCC)OCCN1OC(C)C1CCCCC1. The largest absolute Gasteiger partial charge is 0.357 e. The van der Waals surface area contributed by atoms with Gasteiger partial charge in [-0.3, -0.25) is 4.84 Å². The van der Waals surface area contributed by atoms with Gasteiger partial charge >= 0.3 is 0 Å². The normalized spacial score (nSPS) is 23.6. The summed E-state index contributed by atoms with van der Waals surface area (Å²) < 4.78 is 6.34. The predicted octanol–water partition coefficient (Wildman–Crippen LogP) is 6.08.